The quantitative estimate of drug-likeness (QED) is 0.598. The van der Waals surface area contributed by atoms with Crippen LogP contribution in [0.1, 0.15) is 19.3 Å². The molecule has 1 aliphatic rings. The summed E-state index contributed by atoms with van der Waals surface area (Å²) < 4.78 is 27.3. The van der Waals surface area contributed by atoms with Crippen LogP contribution in [0, 0.1) is 0 Å². The molecular formula is C18H19ClN6O3S2. The molecule has 0 radical (unpaired) electrons. The molecule has 30 heavy (non-hydrogen) atoms. The molecule has 9 nitrogen and oxygen atoms in total. The fourth-order valence-electron chi connectivity index (χ4n) is 3.17. The minimum atomic E-state index is -3.72. The first-order valence-corrected chi connectivity index (χ1v) is 12.1. The summed E-state index contributed by atoms with van der Waals surface area (Å²) in [6.07, 6.45) is 2.66. The number of halogens is 1. The summed E-state index contributed by atoms with van der Waals surface area (Å²) in [7, 11) is -3.72. The van der Waals surface area contributed by atoms with Crippen LogP contribution in [-0.2, 0) is 21.4 Å². The number of amides is 1. The van der Waals surface area contributed by atoms with E-state index in [-0.39, 0.29) is 16.5 Å². The van der Waals surface area contributed by atoms with Crippen LogP contribution in [0.15, 0.2) is 39.9 Å². The van der Waals surface area contributed by atoms with Gasteiger partial charge in [-0.15, -0.1) is 10.2 Å². The monoisotopic (exact) mass is 466 g/mol. The second-order valence-electron chi connectivity index (χ2n) is 6.81. The van der Waals surface area contributed by atoms with Gasteiger partial charge in [-0.3, -0.25) is 4.79 Å². The van der Waals surface area contributed by atoms with Crippen LogP contribution in [0.5, 0.6) is 0 Å². The molecule has 4 rings (SSSR count). The summed E-state index contributed by atoms with van der Waals surface area (Å²) in [5, 5.41) is 18.6. The summed E-state index contributed by atoms with van der Waals surface area (Å²) in [5.41, 5.74) is 1.16. The average Bonchev–Trinajstić information content (AvgIpc) is 3.42. The van der Waals surface area contributed by atoms with Crippen LogP contribution in [0.25, 0.3) is 11.4 Å². The summed E-state index contributed by atoms with van der Waals surface area (Å²) >= 11 is 7.68. The zero-order chi connectivity index (χ0) is 21.1. The number of aromatic nitrogens is 4. The van der Waals surface area contributed by atoms with E-state index < -0.39 is 15.9 Å². The van der Waals surface area contributed by atoms with Gasteiger partial charge < -0.3 is 5.32 Å². The van der Waals surface area contributed by atoms with Gasteiger partial charge in [-0.25, -0.2) is 8.42 Å². The minimum Gasteiger partial charge on any atom is -0.324 e. The average molecular weight is 467 g/mol. The molecule has 0 atom stereocenters. The van der Waals surface area contributed by atoms with Crippen LogP contribution in [-0.4, -0.2) is 51.9 Å². The number of benzene rings is 1. The molecule has 0 aliphatic carbocycles. The van der Waals surface area contributed by atoms with E-state index in [1.54, 1.807) is 6.07 Å². The number of carbonyl (C=O) groups excluding carboxylic acids is 1. The third-order valence-corrected chi connectivity index (χ3v) is 7.73. The SMILES string of the molecule is O=C(Cn1nnc(-c2ccsc2)n1)Nc1ccc(Cl)c(S(=O)(=O)N2CCCCC2)c1. The van der Waals surface area contributed by atoms with E-state index in [9.17, 15) is 13.2 Å². The Labute approximate surface area is 182 Å². The number of hydrogen-bond donors (Lipinski definition) is 1. The van der Waals surface area contributed by atoms with Crippen molar-refractivity contribution < 1.29 is 13.2 Å². The lowest BCUT2D eigenvalue weighted by Crippen LogP contribution is -2.35. The number of thiophene rings is 1. The molecule has 1 saturated heterocycles. The fraction of sp³-hybridized carbons (Fsp3) is 0.333. The van der Waals surface area contributed by atoms with Crippen molar-refractivity contribution in [3.05, 3.63) is 40.0 Å². The van der Waals surface area contributed by atoms with E-state index in [0.29, 0.717) is 24.6 Å². The van der Waals surface area contributed by atoms with E-state index in [1.165, 1.54) is 32.6 Å². The Bertz CT molecular complexity index is 1140. The van der Waals surface area contributed by atoms with E-state index in [0.717, 1.165) is 24.8 Å². The normalized spacial score (nSPS) is 15.2. The predicted octanol–water partition coefficient (Wildman–Crippen LogP) is 2.87. The number of nitrogens with one attached hydrogen (secondary N) is 1. The van der Waals surface area contributed by atoms with Crippen LogP contribution < -0.4 is 5.32 Å². The topological polar surface area (TPSA) is 110 Å². The molecule has 0 saturated carbocycles. The predicted molar refractivity (Wildman–Crippen MR) is 114 cm³/mol. The van der Waals surface area contributed by atoms with Gasteiger partial charge in [0.1, 0.15) is 11.4 Å². The molecule has 12 heteroatoms. The molecule has 2 aromatic heterocycles. The molecule has 3 heterocycles. The van der Waals surface area contributed by atoms with Gasteiger partial charge in [-0.2, -0.15) is 20.4 Å². The lowest BCUT2D eigenvalue weighted by atomic mass is 10.2. The minimum absolute atomic E-state index is 0.0116. The zero-order valence-corrected chi connectivity index (χ0v) is 18.3. The zero-order valence-electron chi connectivity index (χ0n) is 15.9. The van der Waals surface area contributed by atoms with Crippen LogP contribution in [0.2, 0.25) is 5.02 Å². The Kier molecular flexibility index (Phi) is 6.14. The fourth-order valence-corrected chi connectivity index (χ4v) is 5.82. The van der Waals surface area contributed by atoms with Gasteiger partial charge in [0.25, 0.3) is 0 Å². The van der Waals surface area contributed by atoms with E-state index in [1.807, 2.05) is 16.8 Å². The van der Waals surface area contributed by atoms with Gasteiger partial charge in [0, 0.05) is 29.7 Å². The molecule has 1 N–H and O–H groups in total. The molecule has 158 valence electrons. The van der Waals surface area contributed by atoms with Crippen molar-refractivity contribution in [3.63, 3.8) is 0 Å². The van der Waals surface area contributed by atoms with Gasteiger partial charge in [0.05, 0.1) is 5.02 Å². The van der Waals surface area contributed by atoms with Gasteiger partial charge in [0.15, 0.2) is 0 Å². The first kappa shape index (κ1) is 20.9. The van der Waals surface area contributed by atoms with Gasteiger partial charge in [-0.05, 0) is 47.7 Å². The number of hydrogen-bond acceptors (Lipinski definition) is 7. The molecule has 3 aromatic rings. The summed E-state index contributed by atoms with van der Waals surface area (Å²) in [6.45, 7) is 0.785. The van der Waals surface area contributed by atoms with Gasteiger partial charge >= 0.3 is 0 Å². The highest BCUT2D eigenvalue weighted by atomic mass is 35.5. The molecule has 0 unspecified atom stereocenters. The highest BCUT2D eigenvalue weighted by molar-refractivity contribution is 7.89. The van der Waals surface area contributed by atoms with Gasteiger partial charge in [0.2, 0.25) is 21.8 Å². The molecular weight excluding hydrogens is 448 g/mol. The third-order valence-electron chi connectivity index (χ3n) is 4.67. The molecule has 1 aromatic carbocycles. The van der Waals surface area contributed by atoms with Crippen LogP contribution in [0.4, 0.5) is 5.69 Å². The molecule has 0 bridgehead atoms. The van der Waals surface area contributed by atoms with Crippen molar-refractivity contribution in [1.29, 1.82) is 0 Å². The van der Waals surface area contributed by atoms with E-state index >= 15 is 0 Å². The number of piperidine rings is 1. The Morgan fingerprint density at radius 2 is 2.00 bits per heavy atom. The van der Waals surface area contributed by atoms with Gasteiger partial charge in [-0.1, -0.05) is 18.0 Å². The Morgan fingerprint density at radius 1 is 1.20 bits per heavy atom. The van der Waals surface area contributed by atoms with Crippen molar-refractivity contribution in [2.24, 2.45) is 0 Å². The van der Waals surface area contributed by atoms with Crippen molar-refractivity contribution in [2.45, 2.75) is 30.7 Å². The Balaban J connectivity index is 1.47. The number of carbonyl (C=O) groups is 1. The maximum absolute atomic E-state index is 12.9. The second-order valence-corrected chi connectivity index (χ2v) is 9.91. The number of tetrazole rings is 1. The maximum atomic E-state index is 12.9. The largest absolute Gasteiger partial charge is 0.324 e. The Hall–Kier alpha value is -2.34. The lowest BCUT2D eigenvalue weighted by molar-refractivity contribution is -0.117. The first-order valence-electron chi connectivity index (χ1n) is 9.33. The number of nitrogens with zero attached hydrogens (tertiary/aromatic N) is 5. The smallest absolute Gasteiger partial charge is 0.248 e. The standard InChI is InChI=1S/C18H19ClN6O3S2/c19-15-5-4-14(10-16(15)30(27,28)24-7-2-1-3-8-24)20-17(26)11-25-22-18(21-23-25)13-6-9-29-12-13/h4-6,9-10,12H,1-3,7-8,11H2,(H,20,26). The summed E-state index contributed by atoms with van der Waals surface area (Å²) in [4.78, 5) is 13.6. The van der Waals surface area contributed by atoms with E-state index in [4.69, 9.17) is 11.6 Å². The summed E-state index contributed by atoms with van der Waals surface area (Å²) in [6, 6.07) is 6.28. The summed E-state index contributed by atoms with van der Waals surface area (Å²) in [5.74, 6) is 0.0263. The molecule has 1 fully saturated rings. The van der Waals surface area contributed by atoms with Crippen molar-refractivity contribution >= 4 is 44.6 Å². The number of sulfonamides is 1. The van der Waals surface area contributed by atoms with E-state index in [2.05, 4.69) is 20.7 Å². The third kappa shape index (κ3) is 4.53. The molecule has 1 amide bonds. The van der Waals surface area contributed by atoms with Crippen molar-refractivity contribution in [3.8, 4) is 11.4 Å². The van der Waals surface area contributed by atoms with Crippen molar-refractivity contribution in [1.82, 2.24) is 24.5 Å². The number of rotatable bonds is 6. The van der Waals surface area contributed by atoms with Crippen LogP contribution >= 0.6 is 22.9 Å². The first-order chi connectivity index (χ1) is 14.4. The molecule has 1 aliphatic heterocycles. The second kappa shape index (κ2) is 8.80. The highest BCUT2D eigenvalue weighted by Crippen LogP contribution is 2.29. The lowest BCUT2D eigenvalue weighted by Gasteiger charge is -2.26. The Morgan fingerprint density at radius 3 is 2.73 bits per heavy atom. The highest BCUT2D eigenvalue weighted by Gasteiger charge is 2.28. The van der Waals surface area contributed by atoms with Crippen molar-refractivity contribution in [2.75, 3.05) is 18.4 Å². The maximum Gasteiger partial charge on any atom is 0.248 e. The number of anilines is 1. The molecule has 0 spiro atoms. The van der Waals surface area contributed by atoms with Crippen LogP contribution in [0.3, 0.4) is 0 Å².